The number of alkyl halides is 1. The van der Waals surface area contributed by atoms with Crippen molar-refractivity contribution >= 4 is 35.1 Å². The second kappa shape index (κ2) is 8.53. The van der Waals surface area contributed by atoms with Crippen molar-refractivity contribution in [1.29, 1.82) is 0 Å². The van der Waals surface area contributed by atoms with Gasteiger partial charge in [0.1, 0.15) is 11.1 Å². The zero-order valence-electron chi connectivity index (χ0n) is 15.1. The van der Waals surface area contributed by atoms with Gasteiger partial charge in [-0.3, -0.25) is 14.9 Å². The Hall–Kier alpha value is -3.39. The van der Waals surface area contributed by atoms with Crippen molar-refractivity contribution in [1.82, 2.24) is 10.2 Å². The van der Waals surface area contributed by atoms with E-state index in [1.165, 1.54) is 0 Å². The van der Waals surface area contributed by atoms with E-state index in [9.17, 15) is 9.59 Å². The van der Waals surface area contributed by atoms with E-state index in [0.29, 0.717) is 22.6 Å². The van der Waals surface area contributed by atoms with E-state index in [-0.39, 0.29) is 17.8 Å². The second-order valence-electron chi connectivity index (χ2n) is 5.78. The van der Waals surface area contributed by atoms with Crippen LogP contribution in [-0.4, -0.2) is 34.5 Å². The van der Waals surface area contributed by atoms with Crippen LogP contribution in [0.25, 0.3) is 11.5 Å². The first-order valence-corrected chi connectivity index (χ1v) is 8.74. The van der Waals surface area contributed by atoms with Gasteiger partial charge in [-0.1, -0.05) is 5.10 Å². The van der Waals surface area contributed by atoms with Crippen molar-refractivity contribution in [3.63, 3.8) is 0 Å². The maximum atomic E-state index is 12.3. The number of halogens is 1. The molecule has 2 N–H and O–H groups in total. The van der Waals surface area contributed by atoms with Crippen molar-refractivity contribution in [2.24, 2.45) is 0 Å². The summed E-state index contributed by atoms with van der Waals surface area (Å²) in [6.45, 7) is 1.57. The predicted octanol–water partition coefficient (Wildman–Crippen LogP) is 3.56. The highest BCUT2D eigenvalue weighted by Crippen LogP contribution is 2.22. The number of hydrogen-bond acceptors (Lipinski definition) is 6. The summed E-state index contributed by atoms with van der Waals surface area (Å²) in [7, 11) is 1.58. The molecule has 28 heavy (non-hydrogen) atoms. The highest BCUT2D eigenvalue weighted by molar-refractivity contribution is 6.32. The first kappa shape index (κ1) is 19.4. The molecule has 1 heterocycles. The number of carbonyl (C=O) groups is 2. The standard InChI is InChI=1S/C19H17ClN4O4/c1-11(20)16(25)21-14-7-3-12(4-8-14)17(26)22-19-24-23-18(28-19)13-5-9-15(27-2)10-6-13/h3-11H,1-2H3,(H,21,25)(H,22,24,26)/t11-/m0/s1. The summed E-state index contributed by atoms with van der Waals surface area (Å²) in [5.41, 5.74) is 1.59. The van der Waals surface area contributed by atoms with Crippen molar-refractivity contribution in [2.75, 3.05) is 17.7 Å². The van der Waals surface area contributed by atoms with Gasteiger partial charge in [-0.05, 0) is 55.5 Å². The fourth-order valence-corrected chi connectivity index (χ4v) is 2.29. The lowest BCUT2D eigenvalue weighted by atomic mass is 10.2. The maximum Gasteiger partial charge on any atom is 0.322 e. The number of methoxy groups -OCH3 is 1. The van der Waals surface area contributed by atoms with Gasteiger partial charge in [-0.2, -0.15) is 0 Å². The molecule has 0 aliphatic carbocycles. The van der Waals surface area contributed by atoms with Gasteiger partial charge in [0.05, 0.1) is 7.11 Å². The highest BCUT2D eigenvalue weighted by atomic mass is 35.5. The smallest absolute Gasteiger partial charge is 0.322 e. The number of rotatable bonds is 6. The minimum atomic E-state index is -0.652. The summed E-state index contributed by atoms with van der Waals surface area (Å²) >= 11 is 5.71. The van der Waals surface area contributed by atoms with Crippen LogP contribution in [0.3, 0.4) is 0 Å². The van der Waals surface area contributed by atoms with Crippen molar-refractivity contribution in [3.8, 4) is 17.2 Å². The molecule has 0 unspecified atom stereocenters. The molecule has 144 valence electrons. The number of ether oxygens (including phenoxy) is 1. The van der Waals surface area contributed by atoms with Crippen LogP contribution in [0.15, 0.2) is 52.9 Å². The van der Waals surface area contributed by atoms with Gasteiger partial charge in [0.25, 0.3) is 5.91 Å². The second-order valence-corrected chi connectivity index (χ2v) is 6.43. The Morgan fingerprint density at radius 3 is 2.32 bits per heavy atom. The highest BCUT2D eigenvalue weighted by Gasteiger charge is 2.14. The van der Waals surface area contributed by atoms with E-state index in [1.807, 2.05) is 0 Å². The average molecular weight is 401 g/mol. The van der Waals surface area contributed by atoms with E-state index in [1.54, 1.807) is 62.6 Å². The van der Waals surface area contributed by atoms with Gasteiger partial charge in [0.2, 0.25) is 11.8 Å². The van der Waals surface area contributed by atoms with Crippen LogP contribution < -0.4 is 15.4 Å². The largest absolute Gasteiger partial charge is 0.497 e. The fourth-order valence-electron chi connectivity index (χ4n) is 2.24. The minimum Gasteiger partial charge on any atom is -0.497 e. The summed E-state index contributed by atoms with van der Waals surface area (Å²) in [5, 5.41) is 12.3. The lowest BCUT2D eigenvalue weighted by molar-refractivity contribution is -0.115. The number of nitrogens with zero attached hydrogens (tertiary/aromatic N) is 2. The van der Waals surface area contributed by atoms with Crippen LogP contribution in [0.4, 0.5) is 11.7 Å². The first-order chi connectivity index (χ1) is 13.5. The van der Waals surface area contributed by atoms with Crippen LogP contribution >= 0.6 is 11.6 Å². The van der Waals surface area contributed by atoms with E-state index in [2.05, 4.69) is 20.8 Å². The monoisotopic (exact) mass is 400 g/mol. The molecule has 9 heteroatoms. The van der Waals surface area contributed by atoms with Crippen LogP contribution in [0.5, 0.6) is 5.75 Å². The number of amides is 2. The molecular weight excluding hydrogens is 384 g/mol. The predicted molar refractivity (Wildman–Crippen MR) is 105 cm³/mol. The summed E-state index contributed by atoms with van der Waals surface area (Å²) in [6, 6.07) is 13.4. The third-order valence-corrected chi connectivity index (χ3v) is 3.96. The fraction of sp³-hybridized carbons (Fsp3) is 0.158. The Morgan fingerprint density at radius 1 is 1.04 bits per heavy atom. The number of aromatic nitrogens is 2. The lowest BCUT2D eigenvalue weighted by Gasteiger charge is -2.07. The number of carbonyl (C=O) groups excluding carboxylic acids is 2. The van der Waals surface area contributed by atoms with E-state index < -0.39 is 11.3 Å². The number of anilines is 2. The molecule has 2 aromatic carbocycles. The van der Waals surface area contributed by atoms with Crippen LogP contribution in [-0.2, 0) is 4.79 Å². The Balaban J connectivity index is 1.64. The third-order valence-electron chi connectivity index (χ3n) is 3.76. The topological polar surface area (TPSA) is 106 Å². The molecule has 0 fully saturated rings. The summed E-state index contributed by atoms with van der Waals surface area (Å²) in [6.07, 6.45) is 0. The minimum absolute atomic E-state index is 0.0239. The molecule has 1 aromatic heterocycles. The van der Waals surface area contributed by atoms with Crippen molar-refractivity contribution in [2.45, 2.75) is 12.3 Å². The van der Waals surface area contributed by atoms with E-state index in [4.69, 9.17) is 20.8 Å². The average Bonchev–Trinajstić information content (AvgIpc) is 3.17. The number of benzene rings is 2. The molecule has 0 saturated heterocycles. The summed E-state index contributed by atoms with van der Waals surface area (Å²) in [5.74, 6) is 0.229. The molecule has 2 amide bonds. The molecular formula is C19H17ClN4O4. The Morgan fingerprint density at radius 2 is 1.71 bits per heavy atom. The zero-order valence-corrected chi connectivity index (χ0v) is 15.9. The lowest BCUT2D eigenvalue weighted by Crippen LogP contribution is -2.20. The van der Waals surface area contributed by atoms with Crippen molar-refractivity contribution < 1.29 is 18.7 Å². The molecule has 1 atom stereocenters. The zero-order chi connectivity index (χ0) is 20.1. The van der Waals surface area contributed by atoms with Gasteiger partial charge in [-0.15, -0.1) is 16.7 Å². The van der Waals surface area contributed by atoms with E-state index >= 15 is 0 Å². The quantitative estimate of drug-likeness (QED) is 0.613. The summed E-state index contributed by atoms with van der Waals surface area (Å²) in [4.78, 5) is 23.9. The van der Waals surface area contributed by atoms with Gasteiger partial charge in [-0.25, -0.2) is 0 Å². The van der Waals surface area contributed by atoms with Gasteiger partial charge in [0, 0.05) is 16.8 Å². The van der Waals surface area contributed by atoms with Gasteiger partial charge in [0.15, 0.2) is 0 Å². The SMILES string of the molecule is COc1ccc(-c2nnc(NC(=O)c3ccc(NC(=O)[C@H](C)Cl)cc3)o2)cc1. The Kier molecular flexibility index (Phi) is 5.90. The molecule has 0 spiro atoms. The summed E-state index contributed by atoms with van der Waals surface area (Å²) < 4.78 is 10.6. The molecule has 0 aliphatic heterocycles. The van der Waals surface area contributed by atoms with E-state index in [0.717, 1.165) is 0 Å². The molecule has 3 rings (SSSR count). The van der Waals surface area contributed by atoms with Crippen LogP contribution in [0, 0.1) is 0 Å². The Labute approximate surface area is 165 Å². The van der Waals surface area contributed by atoms with Crippen LogP contribution in [0.2, 0.25) is 0 Å². The normalized spacial score (nSPS) is 11.5. The third kappa shape index (κ3) is 4.66. The van der Waals surface area contributed by atoms with Gasteiger partial charge >= 0.3 is 6.01 Å². The molecule has 0 saturated carbocycles. The molecule has 0 bridgehead atoms. The molecule has 8 nitrogen and oxygen atoms in total. The number of hydrogen-bond donors (Lipinski definition) is 2. The first-order valence-electron chi connectivity index (χ1n) is 8.30. The molecule has 0 radical (unpaired) electrons. The molecule has 0 aliphatic rings. The molecule has 3 aromatic rings. The number of nitrogens with one attached hydrogen (secondary N) is 2. The van der Waals surface area contributed by atoms with Crippen molar-refractivity contribution in [3.05, 3.63) is 54.1 Å². The van der Waals surface area contributed by atoms with Gasteiger partial charge < -0.3 is 14.5 Å². The van der Waals surface area contributed by atoms with Crippen LogP contribution in [0.1, 0.15) is 17.3 Å². The maximum absolute atomic E-state index is 12.3. The Bertz CT molecular complexity index is 968.